The molecule has 2 aromatic rings. The lowest BCUT2D eigenvalue weighted by molar-refractivity contribution is -0.111. The first kappa shape index (κ1) is 18.7. The van der Waals surface area contributed by atoms with Gasteiger partial charge in [0.1, 0.15) is 0 Å². The molecule has 0 saturated heterocycles. The molecule has 0 unspecified atom stereocenters. The summed E-state index contributed by atoms with van der Waals surface area (Å²) in [5, 5.41) is 0. The van der Waals surface area contributed by atoms with Gasteiger partial charge in [0.25, 0.3) is 0 Å². The zero-order valence-electron chi connectivity index (χ0n) is 14.6. The van der Waals surface area contributed by atoms with Crippen molar-refractivity contribution < 1.29 is 13.2 Å². The summed E-state index contributed by atoms with van der Waals surface area (Å²) in [4.78, 5) is 20.8. The molecule has 0 saturated carbocycles. The van der Waals surface area contributed by atoms with Gasteiger partial charge in [-0.05, 0) is 37.6 Å². The Labute approximate surface area is 148 Å². The number of carbonyl (C=O) groups is 1. The number of aromatic nitrogens is 1. The van der Waals surface area contributed by atoms with Crippen LogP contribution in [0.1, 0.15) is 23.7 Å². The second-order valence-electron chi connectivity index (χ2n) is 5.72. The molecule has 0 fully saturated rings. The molecule has 1 aromatic heterocycles. The molecule has 0 atom stereocenters. The Morgan fingerprint density at radius 2 is 1.68 bits per heavy atom. The third-order valence-electron chi connectivity index (χ3n) is 3.67. The minimum atomic E-state index is -3.28. The Morgan fingerprint density at radius 1 is 1.08 bits per heavy atom. The van der Waals surface area contributed by atoms with Crippen molar-refractivity contribution in [1.29, 1.82) is 0 Å². The van der Waals surface area contributed by atoms with Gasteiger partial charge in [-0.1, -0.05) is 18.2 Å². The van der Waals surface area contributed by atoms with Gasteiger partial charge in [-0.2, -0.15) is 0 Å². The Balaban J connectivity index is 2.69. The first-order chi connectivity index (χ1) is 11.7. The number of aryl methyl sites for hydroxylation is 1. The van der Waals surface area contributed by atoms with Gasteiger partial charge in [0.15, 0.2) is 15.6 Å². The molecule has 1 aromatic carbocycles. The van der Waals surface area contributed by atoms with Crippen LogP contribution < -0.4 is 0 Å². The van der Waals surface area contributed by atoms with Gasteiger partial charge in [-0.3, -0.25) is 14.8 Å². The SMILES string of the molecule is CN=C/C(=C(\C(C)=O)c1ccc(C)nc1)c1ccc(S(C)(=O)=O)cc1. The summed E-state index contributed by atoms with van der Waals surface area (Å²) in [5.74, 6) is -0.118. The lowest BCUT2D eigenvalue weighted by atomic mass is 9.93. The van der Waals surface area contributed by atoms with Crippen molar-refractivity contribution in [2.45, 2.75) is 18.7 Å². The predicted octanol–water partition coefficient (Wildman–Crippen LogP) is 2.99. The number of Topliss-reactive ketones (excluding diaryl/α,β-unsaturated/α-hetero) is 1. The van der Waals surface area contributed by atoms with Crippen molar-refractivity contribution in [3.8, 4) is 0 Å². The van der Waals surface area contributed by atoms with Gasteiger partial charge in [-0.15, -0.1) is 0 Å². The second-order valence-corrected chi connectivity index (χ2v) is 7.73. The molecule has 25 heavy (non-hydrogen) atoms. The maximum absolute atomic E-state index is 12.3. The van der Waals surface area contributed by atoms with Crippen LogP contribution in [0.25, 0.3) is 11.1 Å². The smallest absolute Gasteiger partial charge is 0.175 e. The molecule has 1 heterocycles. The van der Waals surface area contributed by atoms with Crippen LogP contribution in [0.4, 0.5) is 0 Å². The minimum absolute atomic E-state index is 0.118. The Kier molecular flexibility index (Phi) is 5.64. The van der Waals surface area contributed by atoms with E-state index in [-0.39, 0.29) is 10.7 Å². The van der Waals surface area contributed by atoms with Crippen molar-refractivity contribution in [2.24, 2.45) is 4.99 Å². The van der Waals surface area contributed by atoms with Crippen LogP contribution in [0.15, 0.2) is 52.5 Å². The van der Waals surface area contributed by atoms with Crippen LogP contribution in [-0.4, -0.2) is 38.7 Å². The van der Waals surface area contributed by atoms with E-state index in [1.807, 2.05) is 19.1 Å². The largest absolute Gasteiger partial charge is 0.296 e. The minimum Gasteiger partial charge on any atom is -0.296 e. The molecule has 0 spiro atoms. The highest BCUT2D eigenvalue weighted by atomic mass is 32.2. The first-order valence-corrected chi connectivity index (χ1v) is 9.54. The number of aliphatic imine (C=N–C) groups is 1. The van der Waals surface area contributed by atoms with Gasteiger partial charge in [0.2, 0.25) is 0 Å². The highest BCUT2D eigenvalue weighted by Crippen LogP contribution is 2.27. The van der Waals surface area contributed by atoms with E-state index in [9.17, 15) is 13.2 Å². The summed E-state index contributed by atoms with van der Waals surface area (Å²) < 4.78 is 23.3. The summed E-state index contributed by atoms with van der Waals surface area (Å²) in [5.41, 5.74) is 3.38. The number of nitrogens with zero attached hydrogens (tertiary/aromatic N) is 2. The number of ketones is 1. The summed E-state index contributed by atoms with van der Waals surface area (Å²) >= 11 is 0. The maximum Gasteiger partial charge on any atom is 0.175 e. The molecule has 0 aliphatic heterocycles. The summed E-state index contributed by atoms with van der Waals surface area (Å²) in [6.07, 6.45) is 4.41. The predicted molar refractivity (Wildman–Crippen MR) is 100 cm³/mol. The molecule has 130 valence electrons. The van der Waals surface area contributed by atoms with Crippen LogP contribution in [0.3, 0.4) is 0 Å². The zero-order chi connectivity index (χ0) is 18.6. The molecule has 0 bridgehead atoms. The molecule has 6 heteroatoms. The molecule has 0 aliphatic rings. The normalized spacial score (nSPS) is 13.0. The lowest BCUT2D eigenvalue weighted by Crippen LogP contribution is -2.04. The van der Waals surface area contributed by atoms with E-state index < -0.39 is 9.84 Å². The standard InChI is InChI=1S/C19H20N2O3S/c1-13-5-6-16(11-21-13)19(14(2)22)18(12-20-3)15-7-9-17(10-8-15)25(4,23)24/h5-12H,1-4H3/b19-18-,20-12?. The number of pyridine rings is 1. The number of rotatable bonds is 5. The van der Waals surface area contributed by atoms with Crippen molar-refractivity contribution in [2.75, 3.05) is 13.3 Å². The van der Waals surface area contributed by atoms with Crippen LogP contribution >= 0.6 is 0 Å². The lowest BCUT2D eigenvalue weighted by Gasteiger charge is -2.11. The highest BCUT2D eigenvalue weighted by molar-refractivity contribution is 7.90. The Morgan fingerprint density at radius 3 is 2.12 bits per heavy atom. The number of benzene rings is 1. The van der Waals surface area contributed by atoms with Crippen molar-refractivity contribution >= 4 is 33.0 Å². The van der Waals surface area contributed by atoms with Gasteiger partial charge < -0.3 is 0 Å². The molecule has 2 rings (SSSR count). The van der Waals surface area contributed by atoms with Crippen LogP contribution in [0, 0.1) is 6.92 Å². The van der Waals surface area contributed by atoms with Gasteiger partial charge in [0.05, 0.1) is 4.90 Å². The van der Waals surface area contributed by atoms with E-state index in [2.05, 4.69) is 9.98 Å². The van der Waals surface area contributed by atoms with Crippen molar-refractivity contribution in [3.63, 3.8) is 0 Å². The Bertz CT molecular complexity index is 939. The topological polar surface area (TPSA) is 76.5 Å². The molecule has 5 nitrogen and oxygen atoms in total. The summed E-state index contributed by atoms with van der Waals surface area (Å²) in [6, 6.07) is 10.1. The maximum atomic E-state index is 12.3. The monoisotopic (exact) mass is 356 g/mol. The van der Waals surface area contributed by atoms with E-state index in [1.54, 1.807) is 31.6 Å². The fourth-order valence-electron chi connectivity index (χ4n) is 2.46. The van der Waals surface area contributed by atoms with E-state index in [1.165, 1.54) is 19.1 Å². The third-order valence-corrected chi connectivity index (χ3v) is 4.80. The average Bonchev–Trinajstić information content (AvgIpc) is 2.55. The fourth-order valence-corrected chi connectivity index (χ4v) is 3.09. The van der Waals surface area contributed by atoms with Crippen molar-refractivity contribution in [1.82, 2.24) is 4.98 Å². The molecule has 0 amide bonds. The van der Waals surface area contributed by atoms with Crippen LogP contribution in [0.5, 0.6) is 0 Å². The number of hydrogen-bond donors (Lipinski definition) is 0. The van der Waals surface area contributed by atoms with Crippen LogP contribution in [-0.2, 0) is 14.6 Å². The van der Waals surface area contributed by atoms with Gasteiger partial charge >= 0.3 is 0 Å². The quantitative estimate of drug-likeness (QED) is 0.609. The average molecular weight is 356 g/mol. The Hall–Kier alpha value is -2.60. The molecule has 0 N–H and O–H groups in total. The molecular formula is C19H20N2O3S. The molecule has 0 aliphatic carbocycles. The summed E-state index contributed by atoms with van der Waals surface area (Å²) in [7, 11) is -1.66. The summed E-state index contributed by atoms with van der Waals surface area (Å²) in [6.45, 7) is 3.36. The third kappa shape index (κ3) is 4.48. The second kappa shape index (κ2) is 7.53. The molecule has 0 radical (unpaired) electrons. The number of allylic oxidation sites excluding steroid dienone is 2. The van der Waals surface area contributed by atoms with Crippen molar-refractivity contribution in [3.05, 3.63) is 59.4 Å². The number of sulfone groups is 1. The van der Waals surface area contributed by atoms with Gasteiger partial charge in [-0.25, -0.2) is 8.42 Å². The number of carbonyl (C=O) groups excluding carboxylic acids is 1. The van der Waals surface area contributed by atoms with Gasteiger partial charge in [0, 0.05) is 48.1 Å². The molecular weight excluding hydrogens is 336 g/mol. The van der Waals surface area contributed by atoms with E-state index in [4.69, 9.17) is 0 Å². The zero-order valence-corrected chi connectivity index (χ0v) is 15.5. The van der Waals surface area contributed by atoms with Crippen LogP contribution in [0.2, 0.25) is 0 Å². The first-order valence-electron chi connectivity index (χ1n) is 7.65. The van der Waals surface area contributed by atoms with E-state index in [0.29, 0.717) is 22.3 Å². The fraction of sp³-hybridized carbons (Fsp3) is 0.211. The number of hydrogen-bond acceptors (Lipinski definition) is 5. The van der Waals surface area contributed by atoms with E-state index in [0.717, 1.165) is 11.9 Å². The van der Waals surface area contributed by atoms with E-state index >= 15 is 0 Å². The highest BCUT2D eigenvalue weighted by Gasteiger charge is 2.16.